The molecule has 1 aliphatic heterocycles. The summed E-state index contributed by atoms with van der Waals surface area (Å²) in [5, 5.41) is 3.81. The highest BCUT2D eigenvalue weighted by Gasteiger charge is 2.24. The van der Waals surface area contributed by atoms with E-state index in [0.29, 0.717) is 23.2 Å². The fourth-order valence-corrected chi connectivity index (χ4v) is 4.16. The molecule has 32 heavy (non-hydrogen) atoms. The third kappa shape index (κ3) is 5.10. The summed E-state index contributed by atoms with van der Waals surface area (Å²) in [6.45, 7) is 3.35. The molecule has 1 aromatic heterocycles. The number of hydrogen-bond acceptors (Lipinski definition) is 6. The molecule has 168 valence electrons. The number of likely N-dealkylation sites (tertiary alicyclic amines) is 1. The van der Waals surface area contributed by atoms with Crippen LogP contribution in [0.1, 0.15) is 41.0 Å². The quantitative estimate of drug-likeness (QED) is 0.542. The van der Waals surface area contributed by atoms with Gasteiger partial charge >= 0.3 is 0 Å². The first-order valence-corrected chi connectivity index (χ1v) is 11.0. The number of methoxy groups -OCH3 is 2. The Morgan fingerprint density at radius 2 is 1.72 bits per heavy atom. The number of ether oxygens (including phenoxy) is 2. The first-order valence-electron chi connectivity index (χ1n) is 11.0. The zero-order valence-electron chi connectivity index (χ0n) is 18.8. The minimum absolute atomic E-state index is 0.0780. The van der Waals surface area contributed by atoms with Crippen molar-refractivity contribution in [2.75, 3.05) is 27.3 Å². The van der Waals surface area contributed by atoms with Crippen molar-refractivity contribution in [1.29, 1.82) is 0 Å². The molecule has 0 N–H and O–H groups in total. The summed E-state index contributed by atoms with van der Waals surface area (Å²) >= 11 is 0. The van der Waals surface area contributed by atoms with E-state index >= 15 is 0 Å². The molecule has 2 aromatic carbocycles. The van der Waals surface area contributed by atoms with Crippen molar-refractivity contribution in [3.05, 3.63) is 59.4 Å². The zero-order valence-corrected chi connectivity index (χ0v) is 18.8. The van der Waals surface area contributed by atoms with Gasteiger partial charge < -0.3 is 18.9 Å². The molecule has 1 saturated heterocycles. The molecule has 0 spiro atoms. The highest BCUT2D eigenvalue weighted by atomic mass is 16.5. The molecule has 0 bridgehead atoms. The van der Waals surface area contributed by atoms with Crippen LogP contribution in [-0.4, -0.2) is 48.3 Å². The van der Waals surface area contributed by atoms with E-state index in [4.69, 9.17) is 14.0 Å². The predicted octanol–water partition coefficient (Wildman–Crippen LogP) is 4.55. The molecule has 4 rings (SSSR count). The van der Waals surface area contributed by atoms with Gasteiger partial charge in [0.25, 0.3) is 11.8 Å². The lowest BCUT2D eigenvalue weighted by atomic mass is 9.90. The van der Waals surface area contributed by atoms with Gasteiger partial charge in [0.1, 0.15) is 11.5 Å². The van der Waals surface area contributed by atoms with Gasteiger partial charge in [-0.25, -0.2) is 0 Å². The van der Waals surface area contributed by atoms with Crippen molar-refractivity contribution in [2.24, 2.45) is 5.92 Å². The summed E-state index contributed by atoms with van der Waals surface area (Å²) in [5.41, 5.74) is 2.72. The Bertz CT molecular complexity index is 1030. The smallest absolute Gasteiger partial charge is 0.257 e. The maximum Gasteiger partial charge on any atom is 0.257 e. The molecule has 0 saturated carbocycles. The molecule has 0 unspecified atom stereocenters. The summed E-state index contributed by atoms with van der Waals surface area (Å²) in [6, 6.07) is 13.4. The second-order valence-corrected chi connectivity index (χ2v) is 8.22. The third-order valence-electron chi connectivity index (χ3n) is 6.06. The standard InChI is InChI=1S/C25H29N3O4/c1-17-26-24(32-27-17)20-6-8-21(9-7-20)25(29)28-12-10-18(11-13-28)4-5-19-14-22(30-2)16-23(15-19)31-3/h6-9,14-16,18H,4-5,10-13H2,1-3H3. The van der Waals surface area contributed by atoms with Crippen molar-refractivity contribution in [3.63, 3.8) is 0 Å². The van der Waals surface area contributed by atoms with Crippen LogP contribution in [0, 0.1) is 12.8 Å². The van der Waals surface area contributed by atoms with Gasteiger partial charge in [0.05, 0.1) is 14.2 Å². The molecule has 7 nitrogen and oxygen atoms in total. The SMILES string of the molecule is COc1cc(CCC2CCN(C(=O)c3ccc(-c4nc(C)no4)cc3)CC2)cc(OC)c1. The highest BCUT2D eigenvalue weighted by Crippen LogP contribution is 2.27. The minimum Gasteiger partial charge on any atom is -0.497 e. The molecule has 1 fully saturated rings. The summed E-state index contributed by atoms with van der Waals surface area (Å²) in [6.07, 6.45) is 4.11. The summed E-state index contributed by atoms with van der Waals surface area (Å²) < 4.78 is 15.9. The second-order valence-electron chi connectivity index (χ2n) is 8.22. The van der Waals surface area contributed by atoms with Crippen molar-refractivity contribution in [1.82, 2.24) is 15.0 Å². The maximum atomic E-state index is 12.9. The van der Waals surface area contributed by atoms with Gasteiger partial charge in [-0.05, 0) is 80.5 Å². The van der Waals surface area contributed by atoms with E-state index < -0.39 is 0 Å². The van der Waals surface area contributed by atoms with Crippen molar-refractivity contribution < 1.29 is 18.8 Å². The number of carbonyl (C=O) groups excluding carboxylic acids is 1. The molecule has 1 aliphatic rings. The van der Waals surface area contributed by atoms with E-state index in [-0.39, 0.29) is 5.91 Å². The van der Waals surface area contributed by atoms with Gasteiger partial charge in [-0.1, -0.05) is 5.16 Å². The second kappa shape index (κ2) is 9.85. The monoisotopic (exact) mass is 435 g/mol. The largest absolute Gasteiger partial charge is 0.497 e. The van der Waals surface area contributed by atoms with Crippen LogP contribution in [0.5, 0.6) is 11.5 Å². The lowest BCUT2D eigenvalue weighted by Gasteiger charge is -2.32. The Morgan fingerprint density at radius 1 is 1.06 bits per heavy atom. The third-order valence-corrected chi connectivity index (χ3v) is 6.06. The maximum absolute atomic E-state index is 12.9. The Kier molecular flexibility index (Phi) is 6.73. The number of carbonyl (C=O) groups is 1. The molecule has 0 aliphatic carbocycles. The van der Waals surface area contributed by atoms with Gasteiger partial charge in [-0.15, -0.1) is 0 Å². The first-order chi connectivity index (χ1) is 15.6. The van der Waals surface area contributed by atoms with Gasteiger partial charge in [-0.3, -0.25) is 4.79 Å². The Balaban J connectivity index is 1.29. The zero-order chi connectivity index (χ0) is 22.5. The van der Waals surface area contributed by atoms with Crippen LogP contribution in [-0.2, 0) is 6.42 Å². The van der Waals surface area contributed by atoms with E-state index in [1.807, 2.05) is 35.2 Å². The number of rotatable bonds is 7. The van der Waals surface area contributed by atoms with E-state index in [1.165, 1.54) is 5.56 Å². The number of aryl methyl sites for hydroxylation is 2. The van der Waals surface area contributed by atoms with Gasteiger partial charge in [-0.2, -0.15) is 4.98 Å². The number of amides is 1. The number of piperidine rings is 1. The highest BCUT2D eigenvalue weighted by molar-refractivity contribution is 5.94. The average molecular weight is 436 g/mol. The van der Waals surface area contributed by atoms with E-state index in [0.717, 1.165) is 55.8 Å². The van der Waals surface area contributed by atoms with Crippen LogP contribution in [0.3, 0.4) is 0 Å². The molecule has 3 aromatic rings. The van der Waals surface area contributed by atoms with Gasteiger partial charge in [0.2, 0.25) is 0 Å². The van der Waals surface area contributed by atoms with Crippen molar-refractivity contribution >= 4 is 5.91 Å². The minimum atomic E-state index is 0.0780. The average Bonchev–Trinajstić information content (AvgIpc) is 3.28. The van der Waals surface area contributed by atoms with E-state index in [1.54, 1.807) is 21.1 Å². The Morgan fingerprint density at radius 3 is 2.28 bits per heavy atom. The normalized spacial score (nSPS) is 14.4. The molecule has 0 atom stereocenters. The van der Waals surface area contributed by atoms with Crippen LogP contribution in [0.15, 0.2) is 47.0 Å². The lowest BCUT2D eigenvalue weighted by molar-refractivity contribution is 0.0687. The molecular weight excluding hydrogens is 406 g/mol. The summed E-state index contributed by atoms with van der Waals surface area (Å²) in [7, 11) is 3.34. The molecule has 7 heteroatoms. The number of benzene rings is 2. The number of aromatic nitrogens is 2. The first kappa shape index (κ1) is 21.9. The summed E-state index contributed by atoms with van der Waals surface area (Å²) in [5.74, 6) is 3.39. The Hall–Kier alpha value is -3.35. The van der Waals surface area contributed by atoms with Crippen LogP contribution in [0.25, 0.3) is 11.5 Å². The lowest BCUT2D eigenvalue weighted by Crippen LogP contribution is -2.38. The van der Waals surface area contributed by atoms with Crippen molar-refractivity contribution in [2.45, 2.75) is 32.6 Å². The van der Waals surface area contributed by atoms with Crippen LogP contribution < -0.4 is 9.47 Å². The van der Waals surface area contributed by atoms with Gasteiger partial charge in [0.15, 0.2) is 5.82 Å². The fourth-order valence-electron chi connectivity index (χ4n) is 4.16. The predicted molar refractivity (Wildman–Crippen MR) is 121 cm³/mol. The summed E-state index contributed by atoms with van der Waals surface area (Å²) in [4.78, 5) is 19.1. The molecular formula is C25H29N3O4. The van der Waals surface area contributed by atoms with Gasteiger partial charge in [0, 0.05) is 30.3 Å². The van der Waals surface area contributed by atoms with Crippen LogP contribution >= 0.6 is 0 Å². The molecule has 0 radical (unpaired) electrons. The number of nitrogens with zero attached hydrogens (tertiary/aromatic N) is 3. The molecule has 2 heterocycles. The number of hydrogen-bond donors (Lipinski definition) is 0. The van der Waals surface area contributed by atoms with E-state index in [2.05, 4.69) is 22.3 Å². The van der Waals surface area contributed by atoms with Crippen LogP contribution in [0.4, 0.5) is 0 Å². The fraction of sp³-hybridized carbons (Fsp3) is 0.400. The van der Waals surface area contributed by atoms with Crippen LogP contribution in [0.2, 0.25) is 0 Å². The Labute approximate surface area is 188 Å². The van der Waals surface area contributed by atoms with Crippen molar-refractivity contribution in [3.8, 4) is 23.0 Å². The topological polar surface area (TPSA) is 77.7 Å². The molecule has 1 amide bonds. The van der Waals surface area contributed by atoms with E-state index in [9.17, 15) is 4.79 Å².